The maximum Gasteiger partial charge on any atom is 0.266 e. The van der Waals surface area contributed by atoms with Crippen molar-refractivity contribution in [3.8, 4) is 0 Å². The lowest BCUT2D eigenvalue weighted by Gasteiger charge is -2.10. The van der Waals surface area contributed by atoms with E-state index >= 15 is 0 Å². The van der Waals surface area contributed by atoms with E-state index < -0.39 is 20.7 Å². The fraction of sp³-hybridized carbons (Fsp3) is 0.0667. The summed E-state index contributed by atoms with van der Waals surface area (Å²) in [5.74, 6) is -0.993. The van der Waals surface area contributed by atoms with E-state index in [1.165, 1.54) is 12.1 Å². The summed E-state index contributed by atoms with van der Waals surface area (Å²) >= 11 is 5.97. The summed E-state index contributed by atoms with van der Waals surface area (Å²) in [6.45, 7) is 1.67. The highest BCUT2D eigenvalue weighted by Crippen LogP contribution is 2.25. The lowest BCUT2D eigenvalue weighted by atomic mass is 10.2. The van der Waals surface area contributed by atoms with Gasteiger partial charge in [0.2, 0.25) is 0 Å². The second-order valence-electron chi connectivity index (χ2n) is 4.89. The second kappa shape index (κ2) is 5.75. The predicted molar refractivity (Wildman–Crippen MR) is 86.5 cm³/mol. The lowest BCUT2D eigenvalue weighted by molar-refractivity contribution is 0.569. The van der Waals surface area contributed by atoms with Crippen LogP contribution in [0.1, 0.15) is 5.56 Å². The van der Waals surface area contributed by atoms with Crippen molar-refractivity contribution in [2.24, 2.45) is 0 Å². The molecule has 0 saturated heterocycles. The molecule has 0 radical (unpaired) electrons. The van der Waals surface area contributed by atoms with Crippen LogP contribution in [0.4, 0.5) is 10.2 Å². The number of aryl methyl sites for hydroxylation is 1. The van der Waals surface area contributed by atoms with Crippen molar-refractivity contribution in [2.45, 2.75) is 11.8 Å². The molecular formula is C15H11ClFN3O2S. The molecule has 0 aliphatic heterocycles. The van der Waals surface area contributed by atoms with Crippen molar-refractivity contribution < 1.29 is 12.8 Å². The summed E-state index contributed by atoms with van der Waals surface area (Å²) in [6, 6.07) is 10.7. The topological polar surface area (TPSA) is 72.0 Å². The SMILES string of the molecule is Cc1ccc(S(=O)(=O)Nc2nc3ccccc3nc2Cl)c(F)c1. The van der Waals surface area contributed by atoms with E-state index in [-0.39, 0.29) is 11.0 Å². The van der Waals surface area contributed by atoms with E-state index in [0.29, 0.717) is 16.6 Å². The highest BCUT2D eigenvalue weighted by molar-refractivity contribution is 7.92. The van der Waals surface area contributed by atoms with Gasteiger partial charge in [0, 0.05) is 0 Å². The molecule has 0 fully saturated rings. The highest BCUT2D eigenvalue weighted by Gasteiger charge is 2.21. The molecule has 1 N–H and O–H groups in total. The Balaban J connectivity index is 2.05. The molecule has 0 spiro atoms. The van der Waals surface area contributed by atoms with Crippen LogP contribution < -0.4 is 4.72 Å². The van der Waals surface area contributed by atoms with Gasteiger partial charge in [-0.15, -0.1) is 0 Å². The number of hydrogen-bond donors (Lipinski definition) is 1. The number of nitrogens with one attached hydrogen (secondary N) is 1. The molecule has 0 atom stereocenters. The number of hydrogen-bond acceptors (Lipinski definition) is 4. The first-order valence-electron chi connectivity index (χ1n) is 6.58. The standard InChI is InChI=1S/C15H11ClFN3O2S/c1-9-6-7-13(10(17)8-9)23(21,22)20-15-14(16)18-11-4-2-3-5-12(11)19-15/h2-8H,1H3,(H,19,20). The molecule has 23 heavy (non-hydrogen) atoms. The minimum atomic E-state index is -4.16. The summed E-state index contributed by atoms with van der Waals surface area (Å²) in [5.41, 5.74) is 1.62. The van der Waals surface area contributed by atoms with Crippen LogP contribution in [-0.4, -0.2) is 18.4 Å². The van der Waals surface area contributed by atoms with Crippen LogP contribution in [0.3, 0.4) is 0 Å². The van der Waals surface area contributed by atoms with Crippen molar-refractivity contribution in [3.05, 3.63) is 59.0 Å². The molecule has 3 aromatic rings. The van der Waals surface area contributed by atoms with Crippen LogP contribution >= 0.6 is 11.6 Å². The number of fused-ring (bicyclic) bond motifs is 1. The third-order valence-corrected chi connectivity index (χ3v) is 4.77. The summed E-state index contributed by atoms with van der Waals surface area (Å²) < 4.78 is 40.8. The highest BCUT2D eigenvalue weighted by atomic mass is 35.5. The van der Waals surface area contributed by atoms with E-state index in [1.54, 1.807) is 31.2 Å². The maximum absolute atomic E-state index is 13.9. The average molecular weight is 352 g/mol. The molecule has 2 aromatic carbocycles. The van der Waals surface area contributed by atoms with Gasteiger partial charge in [-0.05, 0) is 36.8 Å². The third-order valence-electron chi connectivity index (χ3n) is 3.14. The van der Waals surface area contributed by atoms with Crippen molar-refractivity contribution in [2.75, 3.05) is 4.72 Å². The molecule has 0 aliphatic rings. The molecule has 8 heteroatoms. The van der Waals surface area contributed by atoms with Gasteiger partial charge < -0.3 is 0 Å². The van der Waals surface area contributed by atoms with Crippen molar-refractivity contribution in [1.29, 1.82) is 0 Å². The number of para-hydroxylation sites is 2. The van der Waals surface area contributed by atoms with Crippen LogP contribution in [-0.2, 0) is 10.0 Å². The normalized spacial score (nSPS) is 11.6. The Kier molecular flexibility index (Phi) is 3.91. The molecular weight excluding hydrogens is 341 g/mol. The number of sulfonamides is 1. The van der Waals surface area contributed by atoms with Gasteiger partial charge >= 0.3 is 0 Å². The summed E-state index contributed by atoms with van der Waals surface area (Å²) in [4.78, 5) is 7.72. The van der Waals surface area contributed by atoms with Crippen LogP contribution in [0.25, 0.3) is 11.0 Å². The van der Waals surface area contributed by atoms with Crippen LogP contribution in [0.5, 0.6) is 0 Å². The van der Waals surface area contributed by atoms with Gasteiger partial charge in [0.05, 0.1) is 11.0 Å². The first kappa shape index (κ1) is 15.6. The Morgan fingerprint density at radius 3 is 2.39 bits per heavy atom. The van der Waals surface area contributed by atoms with Gasteiger partial charge in [-0.1, -0.05) is 29.8 Å². The van der Waals surface area contributed by atoms with Gasteiger partial charge in [0.25, 0.3) is 10.0 Å². The number of benzene rings is 2. The van der Waals surface area contributed by atoms with E-state index in [1.807, 2.05) is 0 Å². The van der Waals surface area contributed by atoms with Gasteiger partial charge in [-0.3, -0.25) is 4.72 Å². The Morgan fingerprint density at radius 2 is 1.74 bits per heavy atom. The Bertz CT molecular complexity index is 1010. The number of aromatic nitrogens is 2. The number of anilines is 1. The third kappa shape index (κ3) is 3.11. The first-order valence-corrected chi connectivity index (χ1v) is 8.44. The molecule has 5 nitrogen and oxygen atoms in total. The van der Waals surface area contributed by atoms with Crippen molar-refractivity contribution >= 4 is 38.5 Å². The van der Waals surface area contributed by atoms with Crippen LogP contribution in [0.2, 0.25) is 5.15 Å². The van der Waals surface area contributed by atoms with E-state index in [4.69, 9.17) is 11.6 Å². The number of halogens is 2. The van der Waals surface area contributed by atoms with Crippen molar-refractivity contribution in [3.63, 3.8) is 0 Å². The predicted octanol–water partition coefficient (Wildman–Crippen LogP) is 3.53. The van der Waals surface area contributed by atoms with Crippen LogP contribution in [0.15, 0.2) is 47.4 Å². The average Bonchev–Trinajstić information content (AvgIpc) is 2.47. The van der Waals surface area contributed by atoms with Crippen LogP contribution in [0, 0.1) is 12.7 Å². The van der Waals surface area contributed by atoms with Gasteiger partial charge in [0.15, 0.2) is 11.0 Å². The maximum atomic E-state index is 13.9. The molecule has 0 saturated carbocycles. The molecule has 0 amide bonds. The zero-order chi connectivity index (χ0) is 16.6. The summed E-state index contributed by atoms with van der Waals surface area (Å²) in [5, 5.41) is -0.111. The zero-order valence-electron chi connectivity index (χ0n) is 11.9. The van der Waals surface area contributed by atoms with Gasteiger partial charge in [-0.2, -0.15) is 0 Å². The molecule has 1 heterocycles. The minimum absolute atomic E-state index is 0.111. The minimum Gasteiger partial charge on any atom is -0.261 e. The molecule has 3 rings (SSSR count). The first-order chi connectivity index (χ1) is 10.9. The fourth-order valence-electron chi connectivity index (χ4n) is 2.05. The smallest absolute Gasteiger partial charge is 0.261 e. The lowest BCUT2D eigenvalue weighted by Crippen LogP contribution is -2.16. The quantitative estimate of drug-likeness (QED) is 0.783. The molecule has 0 bridgehead atoms. The molecule has 1 aromatic heterocycles. The Morgan fingerprint density at radius 1 is 1.09 bits per heavy atom. The van der Waals surface area contributed by atoms with Gasteiger partial charge in [0.1, 0.15) is 10.7 Å². The number of nitrogens with zero attached hydrogens (tertiary/aromatic N) is 2. The summed E-state index contributed by atoms with van der Waals surface area (Å²) in [6.07, 6.45) is 0. The van der Waals surface area contributed by atoms with E-state index in [9.17, 15) is 12.8 Å². The summed E-state index contributed by atoms with van der Waals surface area (Å²) in [7, 11) is -4.16. The van der Waals surface area contributed by atoms with E-state index in [2.05, 4.69) is 14.7 Å². The van der Waals surface area contributed by atoms with Crippen molar-refractivity contribution in [1.82, 2.24) is 9.97 Å². The van der Waals surface area contributed by atoms with Gasteiger partial charge in [-0.25, -0.2) is 22.8 Å². The molecule has 0 aliphatic carbocycles. The zero-order valence-corrected chi connectivity index (χ0v) is 13.5. The monoisotopic (exact) mass is 351 g/mol. The molecule has 118 valence electrons. The largest absolute Gasteiger partial charge is 0.266 e. The molecule has 0 unspecified atom stereocenters. The fourth-order valence-corrected chi connectivity index (χ4v) is 3.36. The number of rotatable bonds is 3. The van der Waals surface area contributed by atoms with E-state index in [0.717, 1.165) is 6.07 Å². The Hall–Kier alpha value is -2.25. The Labute approximate surface area is 137 Å². The second-order valence-corrected chi connectivity index (χ2v) is 6.90.